The first-order chi connectivity index (χ1) is 8.79. The maximum atomic E-state index is 3.69. The van der Waals surface area contributed by atoms with Gasteiger partial charge in [0.25, 0.3) is 0 Å². The largest absolute Gasteiger partial charge is 0.366 e. The molecule has 1 fully saturated rings. The van der Waals surface area contributed by atoms with Crippen LogP contribution < -0.4 is 10.2 Å². The average molecular weight is 260 g/mol. The van der Waals surface area contributed by atoms with Crippen LogP contribution >= 0.6 is 0 Å². The number of rotatable bonds is 1. The molecule has 2 unspecified atom stereocenters. The van der Waals surface area contributed by atoms with Crippen molar-refractivity contribution in [2.75, 3.05) is 18.0 Å². The van der Waals surface area contributed by atoms with Crippen LogP contribution in [0.25, 0.3) is 0 Å². The zero-order valence-electron chi connectivity index (χ0n) is 13.2. The Morgan fingerprint density at radius 3 is 2.42 bits per heavy atom. The van der Waals surface area contributed by atoms with Crippen molar-refractivity contribution in [2.45, 2.75) is 53.6 Å². The molecule has 19 heavy (non-hydrogen) atoms. The summed E-state index contributed by atoms with van der Waals surface area (Å²) in [7, 11) is 0. The second kappa shape index (κ2) is 5.16. The molecule has 0 amide bonds. The van der Waals surface area contributed by atoms with Crippen LogP contribution in [0, 0.1) is 19.3 Å². The third-order valence-electron chi connectivity index (χ3n) is 4.44. The van der Waals surface area contributed by atoms with Gasteiger partial charge in [-0.25, -0.2) is 0 Å². The Balaban J connectivity index is 2.23. The Morgan fingerprint density at radius 1 is 1.16 bits per heavy atom. The molecular weight excluding hydrogens is 232 g/mol. The molecule has 1 aliphatic heterocycles. The molecule has 1 saturated heterocycles. The minimum atomic E-state index is 0.304. The van der Waals surface area contributed by atoms with Crippen LogP contribution in [0.4, 0.5) is 5.69 Å². The van der Waals surface area contributed by atoms with Gasteiger partial charge in [-0.15, -0.1) is 0 Å². The average Bonchev–Trinajstić information content (AvgIpc) is 2.32. The lowest BCUT2D eigenvalue weighted by molar-refractivity contribution is 0.239. The number of nitrogens with zero attached hydrogens (tertiary/aromatic N) is 1. The number of benzene rings is 1. The molecule has 2 rings (SSSR count). The van der Waals surface area contributed by atoms with E-state index in [0.717, 1.165) is 13.1 Å². The number of aryl methyl sites for hydroxylation is 2. The minimum absolute atomic E-state index is 0.304. The molecular formula is C17H28N2. The summed E-state index contributed by atoms with van der Waals surface area (Å²) in [4.78, 5) is 2.55. The summed E-state index contributed by atoms with van der Waals surface area (Å²) in [6.45, 7) is 15.8. The monoisotopic (exact) mass is 260 g/mol. The predicted octanol–water partition coefficient (Wildman–Crippen LogP) is 3.52. The Morgan fingerprint density at radius 2 is 1.84 bits per heavy atom. The molecule has 106 valence electrons. The highest BCUT2D eigenvalue weighted by Crippen LogP contribution is 2.28. The number of hydrogen-bond acceptors (Lipinski definition) is 2. The van der Waals surface area contributed by atoms with E-state index < -0.39 is 0 Å². The van der Waals surface area contributed by atoms with Gasteiger partial charge in [0.2, 0.25) is 0 Å². The molecule has 1 N–H and O–H groups in total. The lowest BCUT2D eigenvalue weighted by Gasteiger charge is -2.45. The van der Waals surface area contributed by atoms with Crippen molar-refractivity contribution in [1.29, 1.82) is 0 Å². The van der Waals surface area contributed by atoms with Crippen molar-refractivity contribution in [2.24, 2.45) is 5.41 Å². The lowest BCUT2D eigenvalue weighted by atomic mass is 9.84. The molecule has 1 aromatic rings. The third kappa shape index (κ3) is 3.11. The topological polar surface area (TPSA) is 15.3 Å². The van der Waals surface area contributed by atoms with Gasteiger partial charge in [0.05, 0.1) is 0 Å². The van der Waals surface area contributed by atoms with Gasteiger partial charge < -0.3 is 10.2 Å². The van der Waals surface area contributed by atoms with Crippen LogP contribution in [0.2, 0.25) is 0 Å². The van der Waals surface area contributed by atoms with Crippen LogP contribution in [0.1, 0.15) is 38.8 Å². The fraction of sp³-hybridized carbons (Fsp3) is 0.647. The van der Waals surface area contributed by atoms with Crippen LogP contribution in [0.5, 0.6) is 0 Å². The first-order valence-corrected chi connectivity index (χ1v) is 7.36. The second-order valence-corrected chi connectivity index (χ2v) is 7.10. The molecule has 0 spiro atoms. The van der Waals surface area contributed by atoms with E-state index in [1.54, 1.807) is 0 Å². The molecule has 2 heteroatoms. The quantitative estimate of drug-likeness (QED) is 0.831. The zero-order chi connectivity index (χ0) is 14.2. The lowest BCUT2D eigenvalue weighted by Crippen LogP contribution is -2.59. The molecule has 1 heterocycles. The zero-order valence-corrected chi connectivity index (χ0v) is 13.2. The number of piperazine rings is 1. The Bertz CT molecular complexity index is 445. The van der Waals surface area contributed by atoms with Gasteiger partial charge >= 0.3 is 0 Å². The van der Waals surface area contributed by atoms with E-state index in [1.807, 2.05) is 0 Å². The first-order valence-electron chi connectivity index (χ1n) is 7.36. The maximum absolute atomic E-state index is 3.69. The predicted molar refractivity (Wildman–Crippen MR) is 84.0 cm³/mol. The number of hydrogen-bond donors (Lipinski definition) is 1. The highest BCUT2D eigenvalue weighted by molar-refractivity contribution is 5.52. The molecule has 0 aromatic heterocycles. The minimum Gasteiger partial charge on any atom is -0.366 e. The van der Waals surface area contributed by atoms with E-state index in [0.29, 0.717) is 17.5 Å². The molecule has 0 aliphatic carbocycles. The summed E-state index contributed by atoms with van der Waals surface area (Å²) in [6, 6.07) is 7.94. The van der Waals surface area contributed by atoms with E-state index in [4.69, 9.17) is 0 Å². The van der Waals surface area contributed by atoms with Crippen molar-refractivity contribution in [3.63, 3.8) is 0 Å². The van der Waals surface area contributed by atoms with Gasteiger partial charge in [0.15, 0.2) is 0 Å². The SMILES string of the molecule is Cc1ccc(N2CC(C(C)(C)C)NCC2C)cc1C. The Hall–Kier alpha value is -1.02. The van der Waals surface area contributed by atoms with E-state index in [-0.39, 0.29) is 0 Å². The van der Waals surface area contributed by atoms with Crippen molar-refractivity contribution < 1.29 is 0 Å². The highest BCUT2D eigenvalue weighted by Gasteiger charge is 2.32. The number of nitrogens with one attached hydrogen (secondary N) is 1. The Labute approximate surface area is 118 Å². The van der Waals surface area contributed by atoms with Crippen LogP contribution in [-0.2, 0) is 0 Å². The standard InChI is InChI=1S/C17H28N2/c1-12-7-8-15(9-13(12)2)19-11-16(17(4,5)6)18-10-14(19)3/h7-9,14,16,18H,10-11H2,1-6H3. The first kappa shape index (κ1) is 14.4. The van der Waals surface area contributed by atoms with E-state index in [2.05, 4.69) is 70.0 Å². The van der Waals surface area contributed by atoms with Gasteiger partial charge in [-0.2, -0.15) is 0 Å². The highest BCUT2D eigenvalue weighted by atomic mass is 15.2. The van der Waals surface area contributed by atoms with Crippen molar-refractivity contribution in [3.05, 3.63) is 29.3 Å². The van der Waals surface area contributed by atoms with E-state index in [9.17, 15) is 0 Å². The molecule has 0 saturated carbocycles. The van der Waals surface area contributed by atoms with Crippen LogP contribution in [-0.4, -0.2) is 25.2 Å². The second-order valence-electron chi connectivity index (χ2n) is 7.10. The summed E-state index contributed by atoms with van der Waals surface area (Å²) in [6.07, 6.45) is 0. The smallest absolute Gasteiger partial charge is 0.0387 e. The number of anilines is 1. The van der Waals surface area contributed by atoms with E-state index >= 15 is 0 Å². The molecule has 0 bridgehead atoms. The van der Waals surface area contributed by atoms with Crippen molar-refractivity contribution >= 4 is 5.69 Å². The van der Waals surface area contributed by atoms with Gasteiger partial charge in [-0.3, -0.25) is 0 Å². The fourth-order valence-corrected chi connectivity index (χ4v) is 2.71. The molecule has 0 radical (unpaired) electrons. The van der Waals surface area contributed by atoms with Crippen LogP contribution in [0.3, 0.4) is 0 Å². The van der Waals surface area contributed by atoms with Crippen molar-refractivity contribution in [3.8, 4) is 0 Å². The van der Waals surface area contributed by atoms with Crippen LogP contribution in [0.15, 0.2) is 18.2 Å². The van der Waals surface area contributed by atoms with E-state index in [1.165, 1.54) is 16.8 Å². The molecule has 2 nitrogen and oxygen atoms in total. The third-order valence-corrected chi connectivity index (χ3v) is 4.44. The van der Waals surface area contributed by atoms with Gasteiger partial charge in [0.1, 0.15) is 0 Å². The summed E-state index contributed by atoms with van der Waals surface area (Å²) < 4.78 is 0. The van der Waals surface area contributed by atoms with Gasteiger partial charge in [-0.05, 0) is 49.4 Å². The molecule has 1 aromatic carbocycles. The summed E-state index contributed by atoms with van der Waals surface area (Å²) >= 11 is 0. The van der Waals surface area contributed by atoms with Crippen molar-refractivity contribution in [1.82, 2.24) is 5.32 Å². The maximum Gasteiger partial charge on any atom is 0.0387 e. The normalized spacial score (nSPS) is 24.6. The summed E-state index contributed by atoms with van der Waals surface area (Å²) in [5.41, 5.74) is 4.43. The Kier molecular flexibility index (Phi) is 3.91. The van der Waals surface area contributed by atoms with Gasteiger partial charge in [0, 0.05) is 30.9 Å². The molecule has 2 atom stereocenters. The summed E-state index contributed by atoms with van der Waals surface area (Å²) in [5.74, 6) is 0. The summed E-state index contributed by atoms with van der Waals surface area (Å²) in [5, 5.41) is 3.69. The van der Waals surface area contributed by atoms with Gasteiger partial charge in [-0.1, -0.05) is 26.8 Å². The fourth-order valence-electron chi connectivity index (χ4n) is 2.71. The molecule has 1 aliphatic rings.